The molecule has 3 nitrogen and oxygen atoms in total. The summed E-state index contributed by atoms with van der Waals surface area (Å²) in [7, 11) is 4.16. The zero-order valence-electron chi connectivity index (χ0n) is 17.2. The first-order valence-electron chi connectivity index (χ1n) is 10.1. The molecule has 0 saturated heterocycles. The van der Waals surface area contributed by atoms with E-state index in [1.807, 2.05) is 0 Å². The standard InChI is InChI=1S/C21H42N2O.ClH/c1-6-7-8-9-10-11-12-13-14-15-16-20(17-18-23(4)5)22-21(24)19(2)3;/h20H,2,6-18H2,1,3-5H3,(H,22,24);1H. The SMILES string of the molecule is C=C(C)C(=O)NC(CCCCCCCCCCCC)CCN(C)C.Cl. The van der Waals surface area contributed by atoms with E-state index in [0.717, 1.165) is 19.4 Å². The first kappa shape index (κ1) is 26.7. The number of hydrogen-bond acceptors (Lipinski definition) is 2. The summed E-state index contributed by atoms with van der Waals surface area (Å²) in [6.45, 7) is 8.80. The molecular formula is C21H43ClN2O. The Labute approximate surface area is 163 Å². The Kier molecular flexibility index (Phi) is 19.5. The normalized spacial score (nSPS) is 11.9. The third-order valence-corrected chi connectivity index (χ3v) is 4.55. The zero-order valence-corrected chi connectivity index (χ0v) is 18.1. The number of halogens is 1. The molecule has 0 rings (SSSR count). The lowest BCUT2D eigenvalue weighted by Crippen LogP contribution is -2.37. The van der Waals surface area contributed by atoms with Gasteiger partial charge in [-0.1, -0.05) is 77.7 Å². The molecule has 1 atom stereocenters. The lowest BCUT2D eigenvalue weighted by Gasteiger charge is -2.21. The molecule has 25 heavy (non-hydrogen) atoms. The number of carbonyl (C=O) groups is 1. The second-order valence-electron chi connectivity index (χ2n) is 7.51. The van der Waals surface area contributed by atoms with Crippen molar-refractivity contribution in [1.82, 2.24) is 10.2 Å². The van der Waals surface area contributed by atoms with Crippen LogP contribution in [0.5, 0.6) is 0 Å². The van der Waals surface area contributed by atoms with Gasteiger partial charge in [0.1, 0.15) is 0 Å². The number of nitrogens with zero attached hydrogens (tertiary/aromatic N) is 1. The molecule has 0 aromatic carbocycles. The molecule has 0 aliphatic rings. The third kappa shape index (κ3) is 18.1. The third-order valence-electron chi connectivity index (χ3n) is 4.55. The number of hydrogen-bond donors (Lipinski definition) is 1. The summed E-state index contributed by atoms with van der Waals surface area (Å²) in [5.41, 5.74) is 0.605. The first-order chi connectivity index (χ1) is 11.5. The van der Waals surface area contributed by atoms with Crippen molar-refractivity contribution >= 4 is 18.3 Å². The minimum absolute atomic E-state index is 0. The van der Waals surface area contributed by atoms with E-state index in [9.17, 15) is 4.79 Å². The van der Waals surface area contributed by atoms with Crippen LogP contribution in [0.1, 0.15) is 90.9 Å². The van der Waals surface area contributed by atoms with Crippen molar-refractivity contribution in [2.75, 3.05) is 20.6 Å². The van der Waals surface area contributed by atoms with E-state index in [2.05, 4.69) is 37.8 Å². The fraction of sp³-hybridized carbons (Fsp3) is 0.857. The molecule has 1 unspecified atom stereocenters. The van der Waals surface area contributed by atoms with E-state index in [1.54, 1.807) is 6.92 Å². The summed E-state index contributed by atoms with van der Waals surface area (Å²) in [5.74, 6) is 0.00540. The van der Waals surface area contributed by atoms with Gasteiger partial charge in [-0.05, 0) is 40.4 Å². The molecule has 0 aromatic heterocycles. The molecule has 4 heteroatoms. The van der Waals surface area contributed by atoms with E-state index in [0.29, 0.717) is 5.57 Å². The van der Waals surface area contributed by atoms with Crippen molar-refractivity contribution in [3.8, 4) is 0 Å². The van der Waals surface area contributed by atoms with Crippen molar-refractivity contribution in [3.05, 3.63) is 12.2 Å². The number of nitrogens with one attached hydrogen (secondary N) is 1. The van der Waals surface area contributed by atoms with Crippen LogP contribution in [0.3, 0.4) is 0 Å². The number of unbranched alkanes of at least 4 members (excludes halogenated alkanes) is 9. The number of rotatable bonds is 16. The molecule has 0 aliphatic carbocycles. The Balaban J connectivity index is 0. The maximum absolute atomic E-state index is 11.9. The van der Waals surface area contributed by atoms with Crippen LogP contribution in [0.2, 0.25) is 0 Å². The fourth-order valence-corrected chi connectivity index (χ4v) is 2.89. The zero-order chi connectivity index (χ0) is 18.2. The van der Waals surface area contributed by atoms with Crippen LogP contribution < -0.4 is 5.32 Å². The van der Waals surface area contributed by atoms with Gasteiger partial charge in [-0.15, -0.1) is 12.4 Å². The maximum atomic E-state index is 11.9. The fourth-order valence-electron chi connectivity index (χ4n) is 2.89. The highest BCUT2D eigenvalue weighted by molar-refractivity contribution is 5.92. The van der Waals surface area contributed by atoms with Gasteiger partial charge in [0, 0.05) is 11.6 Å². The number of carbonyl (C=O) groups excluding carboxylic acids is 1. The van der Waals surface area contributed by atoms with Gasteiger partial charge in [0.05, 0.1) is 0 Å². The molecule has 0 spiro atoms. The predicted molar refractivity (Wildman–Crippen MR) is 114 cm³/mol. The summed E-state index contributed by atoms with van der Waals surface area (Å²) >= 11 is 0. The van der Waals surface area contributed by atoms with Crippen molar-refractivity contribution in [2.24, 2.45) is 0 Å². The Morgan fingerprint density at radius 3 is 1.84 bits per heavy atom. The molecule has 0 heterocycles. The van der Waals surface area contributed by atoms with Gasteiger partial charge in [-0.3, -0.25) is 4.79 Å². The molecule has 0 bridgehead atoms. The van der Waals surface area contributed by atoms with Gasteiger partial charge in [-0.2, -0.15) is 0 Å². The topological polar surface area (TPSA) is 32.3 Å². The summed E-state index contributed by atoms with van der Waals surface area (Å²) in [6.07, 6.45) is 15.6. The minimum Gasteiger partial charge on any atom is -0.350 e. The van der Waals surface area contributed by atoms with E-state index >= 15 is 0 Å². The predicted octanol–water partition coefficient (Wildman–Crippen LogP) is 5.73. The lowest BCUT2D eigenvalue weighted by atomic mass is 10.0. The Bertz CT molecular complexity index is 332. The second kappa shape index (κ2) is 18.3. The van der Waals surface area contributed by atoms with Crippen LogP contribution in [-0.2, 0) is 4.79 Å². The van der Waals surface area contributed by atoms with Gasteiger partial charge in [0.15, 0.2) is 0 Å². The molecule has 1 amide bonds. The Morgan fingerprint density at radius 1 is 0.920 bits per heavy atom. The quantitative estimate of drug-likeness (QED) is 0.276. The smallest absolute Gasteiger partial charge is 0.246 e. The van der Waals surface area contributed by atoms with Crippen LogP contribution in [-0.4, -0.2) is 37.5 Å². The van der Waals surface area contributed by atoms with Crippen molar-refractivity contribution in [1.29, 1.82) is 0 Å². The summed E-state index contributed by atoms with van der Waals surface area (Å²) in [6, 6.07) is 0.283. The highest BCUT2D eigenvalue weighted by Crippen LogP contribution is 2.13. The van der Waals surface area contributed by atoms with Gasteiger partial charge < -0.3 is 10.2 Å². The van der Waals surface area contributed by atoms with Gasteiger partial charge in [0.2, 0.25) is 5.91 Å². The molecule has 0 fully saturated rings. The van der Waals surface area contributed by atoms with Crippen molar-refractivity contribution in [2.45, 2.75) is 96.9 Å². The highest BCUT2D eigenvalue weighted by Gasteiger charge is 2.12. The monoisotopic (exact) mass is 374 g/mol. The maximum Gasteiger partial charge on any atom is 0.246 e. The van der Waals surface area contributed by atoms with Crippen molar-refractivity contribution in [3.63, 3.8) is 0 Å². The Morgan fingerprint density at radius 2 is 1.40 bits per heavy atom. The van der Waals surface area contributed by atoms with Crippen LogP contribution in [0.4, 0.5) is 0 Å². The van der Waals surface area contributed by atoms with Crippen molar-refractivity contribution < 1.29 is 4.79 Å². The summed E-state index contributed by atoms with van der Waals surface area (Å²) in [4.78, 5) is 14.0. The summed E-state index contributed by atoms with van der Waals surface area (Å²) in [5, 5.41) is 3.14. The van der Waals surface area contributed by atoms with E-state index < -0.39 is 0 Å². The van der Waals surface area contributed by atoms with Crippen LogP contribution >= 0.6 is 12.4 Å². The molecule has 0 radical (unpaired) electrons. The average molecular weight is 375 g/mol. The molecule has 0 aromatic rings. The van der Waals surface area contributed by atoms with Gasteiger partial charge >= 0.3 is 0 Å². The van der Waals surface area contributed by atoms with Crippen LogP contribution in [0, 0.1) is 0 Å². The van der Waals surface area contributed by atoms with Crippen LogP contribution in [0.25, 0.3) is 0 Å². The number of amides is 1. The highest BCUT2D eigenvalue weighted by atomic mass is 35.5. The first-order valence-corrected chi connectivity index (χ1v) is 10.1. The molecule has 0 saturated carbocycles. The van der Waals surface area contributed by atoms with E-state index in [-0.39, 0.29) is 24.4 Å². The molecule has 1 N–H and O–H groups in total. The largest absolute Gasteiger partial charge is 0.350 e. The van der Waals surface area contributed by atoms with Gasteiger partial charge in [0.25, 0.3) is 0 Å². The lowest BCUT2D eigenvalue weighted by molar-refractivity contribution is -0.118. The summed E-state index contributed by atoms with van der Waals surface area (Å²) < 4.78 is 0. The Hall–Kier alpha value is -0.540. The average Bonchev–Trinajstić information content (AvgIpc) is 2.53. The second-order valence-corrected chi connectivity index (χ2v) is 7.51. The molecule has 150 valence electrons. The van der Waals surface area contributed by atoms with Gasteiger partial charge in [-0.25, -0.2) is 0 Å². The molecular weight excluding hydrogens is 332 g/mol. The van der Waals surface area contributed by atoms with Crippen LogP contribution in [0.15, 0.2) is 12.2 Å². The minimum atomic E-state index is 0. The van der Waals surface area contributed by atoms with E-state index in [4.69, 9.17) is 0 Å². The molecule has 0 aliphatic heterocycles. The van der Waals surface area contributed by atoms with E-state index in [1.165, 1.54) is 64.2 Å².